The highest BCUT2D eigenvalue weighted by Gasteiger charge is 2.20. The van der Waals surface area contributed by atoms with Gasteiger partial charge in [-0.05, 0) is 44.2 Å². The summed E-state index contributed by atoms with van der Waals surface area (Å²) in [6.07, 6.45) is -0.810. The lowest BCUT2D eigenvalue weighted by Crippen LogP contribution is -2.47. The average Bonchev–Trinajstić information content (AvgIpc) is 3.03. The number of nitrogens with one attached hydrogen (secondary N) is 2. The number of hydrogen-bond donors (Lipinski definition) is 2. The molecule has 0 aliphatic rings. The first kappa shape index (κ1) is 18.3. The van der Waals surface area contributed by atoms with E-state index in [1.54, 1.807) is 51.3 Å². The molecule has 1 aromatic heterocycles. The van der Waals surface area contributed by atoms with Gasteiger partial charge in [-0.15, -0.1) is 0 Å². The summed E-state index contributed by atoms with van der Waals surface area (Å²) in [5.74, 6) is 0.327. The first-order chi connectivity index (χ1) is 13.0. The zero-order chi connectivity index (χ0) is 19.4. The zero-order valence-electron chi connectivity index (χ0n) is 15.2. The minimum Gasteiger partial charge on any atom is -0.497 e. The monoisotopic (exact) mass is 368 g/mol. The van der Waals surface area contributed by atoms with Crippen LogP contribution in [0.4, 0.5) is 0 Å². The number of carbonyl (C=O) groups is 2. The van der Waals surface area contributed by atoms with E-state index in [1.165, 1.54) is 0 Å². The molecule has 0 fully saturated rings. The van der Waals surface area contributed by atoms with E-state index in [-0.39, 0.29) is 5.76 Å². The molecule has 2 N–H and O–H groups in total. The van der Waals surface area contributed by atoms with E-state index in [2.05, 4.69) is 10.9 Å². The highest BCUT2D eigenvalue weighted by molar-refractivity contribution is 5.99. The lowest BCUT2D eigenvalue weighted by atomic mass is 10.1. The van der Waals surface area contributed by atoms with Crippen LogP contribution in [0.15, 0.2) is 52.9 Å². The van der Waals surface area contributed by atoms with Crippen LogP contribution in [-0.4, -0.2) is 25.0 Å². The molecule has 1 atom stereocenters. The van der Waals surface area contributed by atoms with Gasteiger partial charge in [0.05, 0.1) is 7.11 Å². The number of benzene rings is 2. The minimum absolute atomic E-state index is 0.153. The zero-order valence-corrected chi connectivity index (χ0v) is 15.2. The van der Waals surface area contributed by atoms with Crippen molar-refractivity contribution < 1.29 is 23.5 Å². The van der Waals surface area contributed by atoms with Crippen molar-refractivity contribution in [2.24, 2.45) is 0 Å². The number of hydrogen-bond acceptors (Lipinski definition) is 5. The van der Waals surface area contributed by atoms with Crippen molar-refractivity contribution in [2.75, 3.05) is 7.11 Å². The Morgan fingerprint density at radius 1 is 1.00 bits per heavy atom. The van der Waals surface area contributed by atoms with Gasteiger partial charge in [-0.1, -0.05) is 18.2 Å². The van der Waals surface area contributed by atoms with Gasteiger partial charge < -0.3 is 13.9 Å². The Morgan fingerprint density at radius 3 is 2.33 bits per heavy atom. The maximum absolute atomic E-state index is 12.3. The molecule has 1 unspecified atom stereocenters. The molecule has 7 heteroatoms. The Balaban J connectivity index is 1.58. The van der Waals surface area contributed by atoms with Crippen molar-refractivity contribution >= 4 is 22.8 Å². The summed E-state index contributed by atoms with van der Waals surface area (Å²) >= 11 is 0. The first-order valence-electron chi connectivity index (χ1n) is 8.38. The molecular weight excluding hydrogens is 348 g/mol. The molecule has 0 saturated heterocycles. The van der Waals surface area contributed by atoms with Gasteiger partial charge in [0.25, 0.3) is 5.91 Å². The van der Waals surface area contributed by atoms with Crippen molar-refractivity contribution in [3.63, 3.8) is 0 Å². The molecule has 0 saturated carbocycles. The fraction of sp³-hybridized carbons (Fsp3) is 0.200. The normalized spacial score (nSPS) is 11.7. The number of amides is 2. The quantitative estimate of drug-likeness (QED) is 0.676. The number of hydrazine groups is 1. The van der Waals surface area contributed by atoms with E-state index in [0.717, 1.165) is 5.39 Å². The van der Waals surface area contributed by atoms with Crippen LogP contribution in [-0.2, 0) is 4.79 Å². The smallest absolute Gasteiger partial charge is 0.305 e. The predicted octanol–water partition coefficient (Wildman–Crippen LogP) is 2.98. The van der Waals surface area contributed by atoms with Crippen molar-refractivity contribution in [3.8, 4) is 11.5 Å². The second-order valence-electron chi connectivity index (χ2n) is 5.93. The fourth-order valence-electron chi connectivity index (χ4n) is 2.58. The summed E-state index contributed by atoms with van der Waals surface area (Å²) in [4.78, 5) is 24.5. The fourth-order valence-corrected chi connectivity index (χ4v) is 2.58. The molecule has 2 amide bonds. The molecule has 7 nitrogen and oxygen atoms in total. The van der Waals surface area contributed by atoms with E-state index in [9.17, 15) is 9.59 Å². The summed E-state index contributed by atoms with van der Waals surface area (Å²) < 4.78 is 16.2. The van der Waals surface area contributed by atoms with Crippen LogP contribution in [0, 0.1) is 6.92 Å². The summed E-state index contributed by atoms with van der Waals surface area (Å²) in [5, 5.41) is 0.852. The predicted molar refractivity (Wildman–Crippen MR) is 99.6 cm³/mol. The van der Waals surface area contributed by atoms with Gasteiger partial charge in [-0.3, -0.25) is 20.4 Å². The molecule has 0 aliphatic carbocycles. The molecule has 2 aromatic carbocycles. The van der Waals surface area contributed by atoms with Gasteiger partial charge >= 0.3 is 5.91 Å². The van der Waals surface area contributed by atoms with Gasteiger partial charge in [0.2, 0.25) is 0 Å². The second-order valence-corrected chi connectivity index (χ2v) is 5.93. The minimum atomic E-state index is -0.810. The molecule has 0 spiro atoms. The molecular formula is C20H20N2O5. The van der Waals surface area contributed by atoms with Crippen molar-refractivity contribution in [3.05, 3.63) is 59.9 Å². The van der Waals surface area contributed by atoms with E-state index in [1.807, 2.05) is 18.2 Å². The standard InChI is InChI=1S/C20H20N2O5/c1-12-16-6-4-5-7-17(16)27-18(12)20(24)22-21-19(23)13(2)26-15-10-8-14(25-3)9-11-15/h4-11,13H,1-3H3,(H,21,23)(H,22,24). The topological polar surface area (TPSA) is 89.8 Å². The molecule has 3 aromatic rings. The number of para-hydroxylation sites is 1. The Labute approximate surface area is 156 Å². The van der Waals surface area contributed by atoms with Crippen LogP contribution in [0.5, 0.6) is 11.5 Å². The number of fused-ring (bicyclic) bond motifs is 1. The Bertz CT molecular complexity index is 962. The Morgan fingerprint density at radius 2 is 1.67 bits per heavy atom. The largest absolute Gasteiger partial charge is 0.497 e. The Hall–Kier alpha value is -3.48. The van der Waals surface area contributed by atoms with Crippen LogP contribution in [0.1, 0.15) is 23.0 Å². The third-order valence-electron chi connectivity index (χ3n) is 4.09. The number of carbonyl (C=O) groups excluding carboxylic acids is 2. The lowest BCUT2D eigenvalue weighted by Gasteiger charge is -2.15. The third-order valence-corrected chi connectivity index (χ3v) is 4.09. The molecule has 1 heterocycles. The average molecular weight is 368 g/mol. The first-order valence-corrected chi connectivity index (χ1v) is 8.38. The van der Waals surface area contributed by atoms with Crippen LogP contribution in [0.2, 0.25) is 0 Å². The summed E-state index contributed by atoms with van der Waals surface area (Å²) in [6, 6.07) is 14.2. The summed E-state index contributed by atoms with van der Waals surface area (Å²) in [6.45, 7) is 3.37. The molecule has 0 radical (unpaired) electrons. The van der Waals surface area contributed by atoms with Crippen LogP contribution >= 0.6 is 0 Å². The number of furan rings is 1. The number of ether oxygens (including phenoxy) is 2. The highest BCUT2D eigenvalue weighted by atomic mass is 16.5. The molecule has 0 bridgehead atoms. The van der Waals surface area contributed by atoms with E-state index in [4.69, 9.17) is 13.9 Å². The Kier molecular flexibility index (Phi) is 5.30. The van der Waals surface area contributed by atoms with Gasteiger partial charge in [-0.25, -0.2) is 0 Å². The summed E-state index contributed by atoms with van der Waals surface area (Å²) in [5.41, 5.74) is 6.02. The summed E-state index contributed by atoms with van der Waals surface area (Å²) in [7, 11) is 1.57. The van der Waals surface area contributed by atoms with Crippen molar-refractivity contribution in [2.45, 2.75) is 20.0 Å². The van der Waals surface area contributed by atoms with Crippen molar-refractivity contribution in [1.29, 1.82) is 0 Å². The van der Waals surface area contributed by atoms with E-state index < -0.39 is 17.9 Å². The van der Waals surface area contributed by atoms with Gasteiger partial charge in [0.1, 0.15) is 17.1 Å². The lowest BCUT2D eigenvalue weighted by molar-refractivity contribution is -0.128. The van der Waals surface area contributed by atoms with Crippen LogP contribution in [0.25, 0.3) is 11.0 Å². The number of aryl methyl sites for hydroxylation is 1. The molecule has 0 aliphatic heterocycles. The van der Waals surface area contributed by atoms with Crippen LogP contribution in [0.3, 0.4) is 0 Å². The third kappa shape index (κ3) is 4.03. The molecule has 3 rings (SSSR count). The second kappa shape index (κ2) is 7.82. The number of methoxy groups -OCH3 is 1. The molecule has 27 heavy (non-hydrogen) atoms. The van der Waals surface area contributed by atoms with E-state index in [0.29, 0.717) is 22.6 Å². The van der Waals surface area contributed by atoms with Gasteiger partial charge in [-0.2, -0.15) is 0 Å². The SMILES string of the molecule is COc1ccc(OC(C)C(=O)NNC(=O)c2oc3ccccc3c2C)cc1. The maximum atomic E-state index is 12.3. The number of rotatable bonds is 5. The molecule has 140 valence electrons. The van der Waals surface area contributed by atoms with Gasteiger partial charge in [0, 0.05) is 10.9 Å². The van der Waals surface area contributed by atoms with E-state index >= 15 is 0 Å². The van der Waals surface area contributed by atoms with Crippen LogP contribution < -0.4 is 20.3 Å². The van der Waals surface area contributed by atoms with Gasteiger partial charge in [0.15, 0.2) is 11.9 Å². The van der Waals surface area contributed by atoms with Crippen molar-refractivity contribution in [1.82, 2.24) is 10.9 Å². The maximum Gasteiger partial charge on any atom is 0.305 e. The highest BCUT2D eigenvalue weighted by Crippen LogP contribution is 2.24.